The molecule has 0 spiro atoms. The summed E-state index contributed by atoms with van der Waals surface area (Å²) in [5.41, 5.74) is 3.14. The van der Waals surface area contributed by atoms with Gasteiger partial charge >= 0.3 is 18.0 Å². The van der Waals surface area contributed by atoms with E-state index in [0.717, 1.165) is 11.1 Å². The molecule has 2 N–H and O–H groups in total. The fourth-order valence-electron chi connectivity index (χ4n) is 2.56. The predicted octanol–water partition coefficient (Wildman–Crippen LogP) is 3.59. The Labute approximate surface area is 178 Å². The van der Waals surface area contributed by atoms with Crippen LogP contribution in [0.4, 0.5) is 16.2 Å². The van der Waals surface area contributed by atoms with Crippen LogP contribution in [0.2, 0.25) is 0 Å². The molecule has 0 aromatic heterocycles. The Morgan fingerprint density at radius 1 is 1.03 bits per heavy atom. The number of anilines is 1. The van der Waals surface area contributed by atoms with Gasteiger partial charge in [-0.25, -0.2) is 9.59 Å². The number of amides is 1. The van der Waals surface area contributed by atoms with Gasteiger partial charge in [0, 0.05) is 5.69 Å². The molecular formula is C22H22N2O7. The van der Waals surface area contributed by atoms with Crippen molar-refractivity contribution in [1.29, 1.82) is 0 Å². The number of rotatable bonds is 10. The Morgan fingerprint density at radius 2 is 1.65 bits per heavy atom. The minimum Gasteiger partial charge on any atom is -0.481 e. The summed E-state index contributed by atoms with van der Waals surface area (Å²) in [6.07, 6.45) is 0.208. The molecule has 0 radical (unpaired) electrons. The van der Waals surface area contributed by atoms with Gasteiger partial charge < -0.3 is 14.6 Å². The van der Waals surface area contributed by atoms with Crippen LogP contribution in [0, 0.1) is 0 Å². The van der Waals surface area contributed by atoms with Crippen molar-refractivity contribution in [1.82, 2.24) is 0 Å². The molecule has 0 saturated heterocycles. The molecule has 0 aliphatic rings. The lowest BCUT2D eigenvalue weighted by Crippen LogP contribution is -2.24. The molecule has 2 rings (SSSR count). The maximum absolute atomic E-state index is 11.9. The normalized spacial score (nSPS) is 11.0. The highest BCUT2D eigenvalue weighted by molar-refractivity contribution is 5.84. The average Bonchev–Trinajstić information content (AvgIpc) is 2.74. The number of nitrogens with one attached hydrogen (secondary N) is 1. The van der Waals surface area contributed by atoms with Crippen LogP contribution in [-0.4, -0.2) is 41.9 Å². The van der Waals surface area contributed by atoms with Crippen LogP contribution in [0.3, 0.4) is 0 Å². The summed E-state index contributed by atoms with van der Waals surface area (Å²) in [5.74, 6) is -1.76. The first-order chi connectivity index (χ1) is 14.9. The zero-order valence-electron chi connectivity index (χ0n) is 16.9. The van der Waals surface area contributed by atoms with E-state index in [0.29, 0.717) is 17.8 Å². The van der Waals surface area contributed by atoms with Crippen molar-refractivity contribution < 1.29 is 33.8 Å². The number of carboxylic acid groups (broad SMARTS) is 1. The number of hydrogen-bond acceptors (Lipinski definition) is 7. The van der Waals surface area contributed by atoms with E-state index < -0.39 is 24.1 Å². The highest BCUT2D eigenvalue weighted by atomic mass is 16.6. The summed E-state index contributed by atoms with van der Waals surface area (Å²) >= 11 is 0. The van der Waals surface area contributed by atoms with Crippen molar-refractivity contribution in [2.24, 2.45) is 4.99 Å². The Bertz CT molecular complexity index is 949. The maximum atomic E-state index is 11.9. The van der Waals surface area contributed by atoms with Crippen LogP contribution >= 0.6 is 0 Å². The molecule has 0 bridgehead atoms. The molecular weight excluding hydrogens is 404 g/mol. The molecule has 0 saturated carbocycles. The third-order valence-electron chi connectivity index (χ3n) is 4.04. The molecule has 1 amide bonds. The molecule has 9 heteroatoms. The van der Waals surface area contributed by atoms with Crippen molar-refractivity contribution in [2.45, 2.75) is 32.3 Å². The van der Waals surface area contributed by atoms with Crippen molar-refractivity contribution >= 4 is 35.5 Å². The lowest BCUT2D eigenvalue weighted by atomic mass is 10.0. The monoisotopic (exact) mass is 426 g/mol. The predicted molar refractivity (Wildman–Crippen MR) is 111 cm³/mol. The van der Waals surface area contributed by atoms with Gasteiger partial charge in [0.05, 0.1) is 18.5 Å². The quantitative estimate of drug-likeness (QED) is 0.337. The number of ether oxygens (including phenoxy) is 2. The fourth-order valence-corrected chi connectivity index (χ4v) is 2.56. The van der Waals surface area contributed by atoms with Crippen LogP contribution in [0.25, 0.3) is 0 Å². The summed E-state index contributed by atoms with van der Waals surface area (Å²) in [6, 6.07) is 14.4. The summed E-state index contributed by atoms with van der Waals surface area (Å²) < 4.78 is 9.97. The molecule has 31 heavy (non-hydrogen) atoms. The van der Waals surface area contributed by atoms with E-state index in [4.69, 9.17) is 14.6 Å². The van der Waals surface area contributed by atoms with Crippen molar-refractivity contribution in [3.63, 3.8) is 0 Å². The molecule has 9 nitrogen and oxygen atoms in total. The lowest BCUT2D eigenvalue weighted by Gasteiger charge is -2.14. The van der Waals surface area contributed by atoms with Gasteiger partial charge in [-0.3, -0.25) is 14.9 Å². The lowest BCUT2D eigenvalue weighted by molar-refractivity contribution is -0.152. The van der Waals surface area contributed by atoms with Gasteiger partial charge in [-0.2, -0.15) is 4.99 Å². The Kier molecular flexibility index (Phi) is 8.94. The molecule has 2 aromatic rings. The zero-order valence-corrected chi connectivity index (χ0v) is 16.9. The number of carbonyl (C=O) groups excluding carboxylic acids is 3. The second-order valence-corrected chi connectivity index (χ2v) is 6.66. The number of nitrogens with zero attached hydrogens (tertiary/aromatic N) is 1. The summed E-state index contributed by atoms with van der Waals surface area (Å²) in [6.45, 7) is 1.38. The van der Waals surface area contributed by atoms with Gasteiger partial charge in [-0.1, -0.05) is 24.3 Å². The number of benzene rings is 2. The summed E-state index contributed by atoms with van der Waals surface area (Å²) in [4.78, 5) is 47.6. The molecule has 0 aliphatic heterocycles. The topological polar surface area (TPSA) is 131 Å². The third-order valence-corrected chi connectivity index (χ3v) is 4.04. The maximum Gasteiger partial charge on any atom is 0.411 e. The van der Waals surface area contributed by atoms with E-state index in [1.165, 1.54) is 6.08 Å². The highest BCUT2D eigenvalue weighted by Crippen LogP contribution is 2.17. The molecule has 2 aromatic carbocycles. The van der Waals surface area contributed by atoms with Gasteiger partial charge in [-0.15, -0.1) is 0 Å². The number of aliphatic imine (C=N–C) groups is 1. The SMILES string of the molecule is CC(COC(=O)Nc1ccc(Cc2ccc(N=C=O)cc2)cc1)OC(=O)CCC(=O)O. The number of esters is 1. The second-order valence-electron chi connectivity index (χ2n) is 6.66. The van der Waals surface area contributed by atoms with Gasteiger partial charge in [0.1, 0.15) is 12.7 Å². The van der Waals surface area contributed by atoms with E-state index in [-0.39, 0.29) is 19.4 Å². The van der Waals surface area contributed by atoms with E-state index in [1.807, 2.05) is 24.3 Å². The van der Waals surface area contributed by atoms with Crippen molar-refractivity contribution in [2.75, 3.05) is 11.9 Å². The van der Waals surface area contributed by atoms with Gasteiger partial charge in [0.25, 0.3) is 0 Å². The molecule has 162 valence electrons. The van der Waals surface area contributed by atoms with E-state index in [9.17, 15) is 19.2 Å². The zero-order chi connectivity index (χ0) is 22.6. The van der Waals surface area contributed by atoms with Gasteiger partial charge in [0.15, 0.2) is 0 Å². The van der Waals surface area contributed by atoms with Gasteiger partial charge in [-0.05, 0) is 48.7 Å². The first-order valence-corrected chi connectivity index (χ1v) is 9.46. The smallest absolute Gasteiger partial charge is 0.411 e. The number of hydrogen-bond donors (Lipinski definition) is 2. The average molecular weight is 426 g/mol. The third kappa shape index (κ3) is 8.93. The van der Waals surface area contributed by atoms with E-state index in [2.05, 4.69) is 10.3 Å². The van der Waals surface area contributed by atoms with Crippen LogP contribution in [0.15, 0.2) is 53.5 Å². The molecule has 0 aliphatic carbocycles. The van der Waals surface area contributed by atoms with Gasteiger partial charge in [0.2, 0.25) is 6.08 Å². The van der Waals surface area contributed by atoms with Crippen LogP contribution in [0.1, 0.15) is 30.9 Å². The highest BCUT2D eigenvalue weighted by Gasteiger charge is 2.13. The van der Waals surface area contributed by atoms with Crippen LogP contribution in [0.5, 0.6) is 0 Å². The van der Waals surface area contributed by atoms with Crippen LogP contribution in [-0.2, 0) is 30.3 Å². The first kappa shape index (κ1) is 23.3. The first-order valence-electron chi connectivity index (χ1n) is 9.46. The summed E-state index contributed by atoms with van der Waals surface area (Å²) in [7, 11) is 0. The number of carboxylic acids is 1. The molecule has 1 atom stereocenters. The second kappa shape index (κ2) is 11.9. The minimum absolute atomic E-state index is 0.160. The number of aliphatic carboxylic acids is 1. The Morgan fingerprint density at radius 3 is 2.23 bits per heavy atom. The van der Waals surface area contributed by atoms with E-state index >= 15 is 0 Å². The van der Waals surface area contributed by atoms with Crippen molar-refractivity contribution in [3.05, 3.63) is 59.7 Å². The molecule has 0 heterocycles. The minimum atomic E-state index is -1.09. The van der Waals surface area contributed by atoms with E-state index in [1.54, 1.807) is 31.2 Å². The Balaban J connectivity index is 1.76. The standard InChI is InChI=1S/C22H22N2O7/c1-15(31-21(28)11-10-20(26)27)13-30-22(29)24-19-8-4-17(5-9-19)12-16-2-6-18(7-3-16)23-14-25/h2-9,15H,10-13H2,1H3,(H,24,29)(H,26,27). The summed E-state index contributed by atoms with van der Waals surface area (Å²) in [5, 5.41) is 11.1. The Hall–Kier alpha value is -3.97. The number of carbonyl (C=O) groups is 3. The van der Waals surface area contributed by atoms with Crippen molar-refractivity contribution in [3.8, 4) is 0 Å². The molecule has 1 unspecified atom stereocenters. The fraction of sp³-hybridized carbons (Fsp3) is 0.273. The largest absolute Gasteiger partial charge is 0.481 e. The van der Waals surface area contributed by atoms with Crippen LogP contribution < -0.4 is 5.32 Å². The molecule has 0 fully saturated rings. The number of isocyanates is 1.